The lowest BCUT2D eigenvalue weighted by atomic mass is 9.96. The third-order valence-corrected chi connectivity index (χ3v) is 4.48. The van der Waals surface area contributed by atoms with E-state index in [1.165, 1.54) is 23.2 Å². The molecule has 3 heterocycles. The highest BCUT2D eigenvalue weighted by Crippen LogP contribution is 2.20. The number of rotatable bonds is 4. The number of hydrogen-bond acceptors (Lipinski definition) is 5. The molecule has 0 aliphatic carbocycles. The molecule has 2 aromatic heterocycles. The van der Waals surface area contributed by atoms with Gasteiger partial charge < -0.3 is 0 Å². The molecule has 2 aromatic rings. The van der Waals surface area contributed by atoms with Gasteiger partial charge in [-0.25, -0.2) is 9.36 Å². The minimum absolute atomic E-state index is 0.0479. The summed E-state index contributed by atoms with van der Waals surface area (Å²) >= 11 is 1.51. The summed E-state index contributed by atoms with van der Waals surface area (Å²) in [7, 11) is 0. The molecule has 1 saturated heterocycles. The first-order valence-corrected chi connectivity index (χ1v) is 7.76. The van der Waals surface area contributed by atoms with Gasteiger partial charge in [-0.3, -0.25) is 14.3 Å². The van der Waals surface area contributed by atoms with Gasteiger partial charge in [-0.1, -0.05) is 0 Å². The van der Waals surface area contributed by atoms with Crippen LogP contribution in [-0.2, 0) is 13.1 Å². The molecule has 0 spiro atoms. The molecule has 0 atom stereocenters. The van der Waals surface area contributed by atoms with Crippen LogP contribution < -0.4 is 5.56 Å². The fourth-order valence-electron chi connectivity index (χ4n) is 2.68. The van der Waals surface area contributed by atoms with E-state index in [9.17, 15) is 4.79 Å². The number of aromatic nitrogens is 3. The van der Waals surface area contributed by atoms with Crippen LogP contribution >= 0.6 is 11.5 Å². The van der Waals surface area contributed by atoms with Gasteiger partial charge in [0.2, 0.25) is 0 Å². The van der Waals surface area contributed by atoms with Crippen LogP contribution in [0.1, 0.15) is 18.4 Å². The Kier molecular flexibility index (Phi) is 4.22. The highest BCUT2D eigenvalue weighted by atomic mass is 32.1. The van der Waals surface area contributed by atoms with Crippen molar-refractivity contribution in [1.29, 1.82) is 0 Å². The Bertz CT molecular complexity index is 587. The lowest BCUT2D eigenvalue weighted by Gasteiger charge is -2.31. The van der Waals surface area contributed by atoms with Crippen LogP contribution in [0.4, 0.5) is 0 Å². The highest BCUT2D eigenvalue weighted by Gasteiger charge is 2.20. The maximum absolute atomic E-state index is 11.7. The van der Waals surface area contributed by atoms with Crippen LogP contribution in [0.15, 0.2) is 35.0 Å². The van der Waals surface area contributed by atoms with E-state index >= 15 is 0 Å². The van der Waals surface area contributed by atoms with E-state index < -0.39 is 0 Å². The van der Waals surface area contributed by atoms with Crippen molar-refractivity contribution in [3.63, 3.8) is 0 Å². The Morgan fingerprint density at radius 1 is 1.35 bits per heavy atom. The molecule has 106 valence electrons. The average molecular weight is 290 g/mol. The van der Waals surface area contributed by atoms with Crippen molar-refractivity contribution < 1.29 is 0 Å². The molecular formula is C14H18N4OS. The Labute approximate surface area is 122 Å². The molecule has 0 N–H and O–H groups in total. The van der Waals surface area contributed by atoms with Crippen molar-refractivity contribution in [3.8, 4) is 0 Å². The molecule has 0 aromatic carbocycles. The highest BCUT2D eigenvalue weighted by molar-refractivity contribution is 7.03. The topological polar surface area (TPSA) is 51.0 Å². The Morgan fingerprint density at radius 3 is 2.90 bits per heavy atom. The van der Waals surface area contributed by atoms with E-state index in [1.807, 2.05) is 6.20 Å². The van der Waals surface area contributed by atoms with E-state index in [0.29, 0.717) is 5.92 Å². The first kappa shape index (κ1) is 13.5. The van der Waals surface area contributed by atoms with E-state index in [2.05, 4.69) is 19.6 Å². The van der Waals surface area contributed by atoms with Crippen LogP contribution in [0.2, 0.25) is 0 Å². The van der Waals surface area contributed by atoms with Crippen LogP contribution in [0.5, 0.6) is 0 Å². The number of likely N-dealkylation sites (tertiary alicyclic amines) is 1. The minimum atomic E-state index is 0.0479. The maximum atomic E-state index is 11.7. The molecule has 3 rings (SSSR count). The van der Waals surface area contributed by atoms with Crippen LogP contribution in [0.25, 0.3) is 0 Å². The normalized spacial score (nSPS) is 17.4. The zero-order valence-corrected chi connectivity index (χ0v) is 12.1. The van der Waals surface area contributed by atoms with Gasteiger partial charge >= 0.3 is 0 Å². The molecule has 6 heteroatoms. The largest absolute Gasteiger partial charge is 0.299 e. The Hall–Kier alpha value is -1.53. The lowest BCUT2D eigenvalue weighted by Crippen LogP contribution is -2.35. The molecule has 20 heavy (non-hydrogen) atoms. The molecule has 0 amide bonds. The molecule has 0 radical (unpaired) electrons. The number of nitrogens with zero attached hydrogens (tertiary/aromatic N) is 4. The Morgan fingerprint density at radius 2 is 2.20 bits per heavy atom. The van der Waals surface area contributed by atoms with Gasteiger partial charge in [0, 0.05) is 36.9 Å². The molecule has 1 aliphatic rings. The monoisotopic (exact) mass is 290 g/mol. The van der Waals surface area contributed by atoms with E-state index in [0.717, 1.165) is 39.0 Å². The summed E-state index contributed by atoms with van der Waals surface area (Å²) in [5.74, 6) is 0.578. The summed E-state index contributed by atoms with van der Waals surface area (Å²) in [5.41, 5.74) is 1.35. The molecule has 1 aliphatic heterocycles. The summed E-state index contributed by atoms with van der Waals surface area (Å²) in [6.07, 6.45) is 7.42. The smallest absolute Gasteiger partial charge is 0.253 e. The second-order valence-corrected chi connectivity index (χ2v) is 5.98. The Balaban J connectivity index is 1.51. The van der Waals surface area contributed by atoms with Crippen molar-refractivity contribution in [2.75, 3.05) is 13.1 Å². The second kappa shape index (κ2) is 6.28. The van der Waals surface area contributed by atoms with E-state index in [-0.39, 0.29) is 5.56 Å². The number of hydrogen-bond donors (Lipinski definition) is 0. The summed E-state index contributed by atoms with van der Waals surface area (Å²) in [4.78, 5) is 18.2. The molecule has 0 saturated carbocycles. The zero-order valence-electron chi connectivity index (χ0n) is 11.3. The third-order valence-electron chi connectivity index (χ3n) is 3.84. The predicted octanol–water partition coefficient (Wildman–Crippen LogP) is 1.61. The van der Waals surface area contributed by atoms with Gasteiger partial charge in [0.15, 0.2) is 0 Å². The zero-order chi connectivity index (χ0) is 13.8. The van der Waals surface area contributed by atoms with Gasteiger partial charge in [0.25, 0.3) is 5.56 Å². The maximum Gasteiger partial charge on any atom is 0.253 e. The second-order valence-electron chi connectivity index (χ2n) is 5.32. The molecule has 0 unspecified atom stereocenters. The molecule has 0 bridgehead atoms. The van der Waals surface area contributed by atoms with Crippen LogP contribution in [0, 0.1) is 5.92 Å². The first-order chi connectivity index (χ1) is 9.81. The van der Waals surface area contributed by atoms with E-state index in [4.69, 9.17) is 0 Å². The van der Waals surface area contributed by atoms with Crippen LogP contribution in [-0.4, -0.2) is 31.9 Å². The average Bonchev–Trinajstić information content (AvgIpc) is 2.96. The standard InChI is InChI=1S/C14H18N4OS/c19-14-1-4-15-11-18(14)9-12-2-5-17(6-3-12)8-13-7-16-20-10-13/h1,4,7,10-12H,2-3,5-6,8-9H2. The predicted molar refractivity (Wildman–Crippen MR) is 78.6 cm³/mol. The van der Waals surface area contributed by atoms with Crippen molar-refractivity contribution in [1.82, 2.24) is 18.8 Å². The van der Waals surface area contributed by atoms with Crippen molar-refractivity contribution in [3.05, 3.63) is 46.1 Å². The van der Waals surface area contributed by atoms with Crippen molar-refractivity contribution >= 4 is 11.5 Å². The van der Waals surface area contributed by atoms with Gasteiger partial charge in [-0.2, -0.15) is 0 Å². The quantitative estimate of drug-likeness (QED) is 0.858. The SMILES string of the molecule is O=c1ccncn1CC1CCN(Cc2cnsc2)CC1. The van der Waals surface area contributed by atoms with Gasteiger partial charge in [0.05, 0.1) is 6.33 Å². The van der Waals surface area contributed by atoms with Crippen molar-refractivity contribution in [2.24, 2.45) is 5.92 Å². The van der Waals surface area contributed by atoms with Crippen LogP contribution in [0.3, 0.4) is 0 Å². The van der Waals surface area contributed by atoms with Crippen molar-refractivity contribution in [2.45, 2.75) is 25.9 Å². The summed E-state index contributed by atoms with van der Waals surface area (Å²) in [5, 5.41) is 2.11. The summed E-state index contributed by atoms with van der Waals surface area (Å²) in [6, 6.07) is 1.53. The fraction of sp³-hybridized carbons (Fsp3) is 0.500. The minimum Gasteiger partial charge on any atom is -0.299 e. The fourth-order valence-corrected chi connectivity index (χ4v) is 3.21. The molecular weight excluding hydrogens is 272 g/mol. The van der Waals surface area contributed by atoms with Gasteiger partial charge in [-0.05, 0) is 48.9 Å². The molecule has 1 fully saturated rings. The number of piperidine rings is 1. The molecule has 5 nitrogen and oxygen atoms in total. The van der Waals surface area contributed by atoms with Gasteiger partial charge in [-0.15, -0.1) is 0 Å². The van der Waals surface area contributed by atoms with Gasteiger partial charge in [0.1, 0.15) is 0 Å². The summed E-state index contributed by atoms with van der Waals surface area (Å²) in [6.45, 7) is 3.97. The lowest BCUT2D eigenvalue weighted by molar-refractivity contribution is 0.166. The first-order valence-electron chi connectivity index (χ1n) is 6.92. The van der Waals surface area contributed by atoms with E-state index in [1.54, 1.807) is 17.1 Å². The third kappa shape index (κ3) is 3.32. The summed E-state index contributed by atoms with van der Waals surface area (Å²) < 4.78 is 5.86.